The van der Waals surface area contributed by atoms with Crippen molar-refractivity contribution in [2.45, 2.75) is 50.3 Å². The number of nitrogens with one attached hydrogen (secondary N) is 1. The second kappa shape index (κ2) is 8.12. The summed E-state index contributed by atoms with van der Waals surface area (Å²) in [4.78, 5) is 21.2. The second-order valence-corrected chi connectivity index (χ2v) is 10.5. The smallest absolute Gasteiger partial charge is 0.339 e. The van der Waals surface area contributed by atoms with Crippen LogP contribution in [0, 0.1) is 17.8 Å². The van der Waals surface area contributed by atoms with Crippen LogP contribution < -0.4 is 14.8 Å². The number of carbonyl (C=O) groups is 1. The summed E-state index contributed by atoms with van der Waals surface area (Å²) in [6.07, 6.45) is 7.76. The van der Waals surface area contributed by atoms with Gasteiger partial charge in [-0.25, -0.2) is 14.8 Å². The Morgan fingerprint density at radius 1 is 1.14 bits per heavy atom. The number of benzene rings is 1. The Kier molecular flexibility index (Phi) is 5.14. The van der Waals surface area contributed by atoms with Gasteiger partial charge in [-0.15, -0.1) is 0 Å². The first kappa shape index (κ1) is 22.2. The highest BCUT2D eigenvalue weighted by molar-refractivity contribution is 6.02. The summed E-state index contributed by atoms with van der Waals surface area (Å²) in [7, 11) is 3.20. The number of pyridine rings is 1. The number of carboxylic acid groups (broad SMARTS) is 1. The first-order chi connectivity index (χ1) is 16.9. The van der Waals surface area contributed by atoms with E-state index in [9.17, 15) is 15.0 Å². The zero-order valence-electron chi connectivity index (χ0n) is 19.9. The van der Waals surface area contributed by atoms with Crippen molar-refractivity contribution in [3.8, 4) is 11.5 Å². The predicted molar refractivity (Wildman–Crippen MR) is 129 cm³/mol. The summed E-state index contributed by atoms with van der Waals surface area (Å²) in [5.41, 5.74) is 2.26. The lowest BCUT2D eigenvalue weighted by Crippen LogP contribution is -2.59. The van der Waals surface area contributed by atoms with Crippen LogP contribution in [0.3, 0.4) is 0 Å². The van der Waals surface area contributed by atoms with Crippen molar-refractivity contribution < 1.29 is 24.5 Å². The summed E-state index contributed by atoms with van der Waals surface area (Å²) < 4.78 is 12.7. The van der Waals surface area contributed by atoms with Gasteiger partial charge in [-0.05, 0) is 67.6 Å². The number of aromatic carboxylic acids is 1. The molecule has 184 valence electrons. The van der Waals surface area contributed by atoms with E-state index < -0.39 is 11.6 Å². The van der Waals surface area contributed by atoms with E-state index in [-0.39, 0.29) is 11.6 Å². The van der Waals surface area contributed by atoms with Gasteiger partial charge in [0.2, 0.25) is 0 Å². The van der Waals surface area contributed by atoms with Crippen molar-refractivity contribution in [3.63, 3.8) is 0 Å². The summed E-state index contributed by atoms with van der Waals surface area (Å²) >= 11 is 0. The molecule has 0 amide bonds. The van der Waals surface area contributed by atoms with Gasteiger partial charge in [0.15, 0.2) is 17.1 Å². The van der Waals surface area contributed by atoms with Crippen LogP contribution in [0.25, 0.3) is 11.2 Å². The molecule has 7 rings (SSSR count). The summed E-state index contributed by atoms with van der Waals surface area (Å²) in [6, 6.07) is 5.86. The summed E-state index contributed by atoms with van der Waals surface area (Å²) in [5.74, 6) is 1.52. The van der Waals surface area contributed by atoms with Gasteiger partial charge >= 0.3 is 5.97 Å². The zero-order chi connectivity index (χ0) is 24.3. The number of fused-ring (bicyclic) bond motifs is 1. The molecule has 9 heteroatoms. The second-order valence-electron chi connectivity index (χ2n) is 10.5. The minimum absolute atomic E-state index is 0.126. The normalized spacial score (nSPS) is 28.9. The van der Waals surface area contributed by atoms with E-state index in [1.54, 1.807) is 20.5 Å². The van der Waals surface area contributed by atoms with Gasteiger partial charge in [0.05, 0.1) is 38.4 Å². The van der Waals surface area contributed by atoms with Crippen LogP contribution in [-0.2, 0) is 6.54 Å². The molecule has 3 unspecified atom stereocenters. The van der Waals surface area contributed by atoms with E-state index >= 15 is 0 Å². The third-order valence-corrected chi connectivity index (χ3v) is 8.22. The maximum absolute atomic E-state index is 12.1. The molecule has 3 aromatic rings. The Hall–Kier alpha value is -3.33. The van der Waals surface area contributed by atoms with Gasteiger partial charge in [0, 0.05) is 12.2 Å². The molecule has 4 saturated carbocycles. The lowest BCUT2D eigenvalue weighted by molar-refractivity contribution is -0.129. The molecular formula is C26H30N4O5. The number of aromatic nitrogens is 3. The van der Waals surface area contributed by atoms with Crippen LogP contribution in [0.1, 0.15) is 48.0 Å². The van der Waals surface area contributed by atoms with Gasteiger partial charge in [-0.3, -0.25) is 0 Å². The highest BCUT2D eigenvalue weighted by Crippen LogP contribution is 2.56. The average Bonchev–Trinajstić information content (AvgIpc) is 3.23. The van der Waals surface area contributed by atoms with Crippen molar-refractivity contribution in [1.82, 2.24) is 14.5 Å². The largest absolute Gasteiger partial charge is 0.493 e. The third kappa shape index (κ3) is 3.69. The molecule has 0 saturated heterocycles. The quantitative estimate of drug-likeness (QED) is 0.472. The van der Waals surface area contributed by atoms with Crippen LogP contribution in [0.15, 0.2) is 30.7 Å². The number of aliphatic hydroxyl groups is 1. The van der Waals surface area contributed by atoms with E-state index in [1.807, 2.05) is 22.8 Å². The van der Waals surface area contributed by atoms with Crippen LogP contribution in [0.4, 0.5) is 5.69 Å². The Morgan fingerprint density at radius 3 is 2.54 bits per heavy atom. The number of ether oxygens (including phenoxy) is 2. The molecule has 4 aliphatic carbocycles. The molecule has 4 aliphatic rings. The van der Waals surface area contributed by atoms with Crippen LogP contribution in [-0.4, -0.2) is 56.6 Å². The molecule has 3 N–H and O–H groups in total. The Labute approximate surface area is 203 Å². The molecule has 2 aromatic heterocycles. The van der Waals surface area contributed by atoms with Crippen molar-refractivity contribution in [2.75, 3.05) is 19.5 Å². The van der Waals surface area contributed by atoms with Gasteiger partial charge in [0.1, 0.15) is 11.1 Å². The number of nitrogens with zero attached hydrogens (tertiary/aromatic N) is 3. The molecular weight excluding hydrogens is 448 g/mol. The predicted octanol–water partition coefficient (Wildman–Crippen LogP) is 3.55. The number of anilines is 1. The fourth-order valence-electron chi connectivity index (χ4n) is 6.99. The SMILES string of the molecule is COc1ccc(Cn2cnc3c(NC4[C@@H]5CC6C[C@H]4CC(O)(C6)C5)c(C(=O)O)cnc32)cc1OC. The van der Waals surface area contributed by atoms with E-state index in [1.165, 1.54) is 6.20 Å². The van der Waals surface area contributed by atoms with Gasteiger partial charge in [0.25, 0.3) is 0 Å². The molecule has 9 nitrogen and oxygen atoms in total. The Bertz CT molecular complexity index is 1290. The number of rotatable bonds is 7. The molecule has 35 heavy (non-hydrogen) atoms. The van der Waals surface area contributed by atoms with Crippen molar-refractivity contribution in [3.05, 3.63) is 41.9 Å². The minimum Gasteiger partial charge on any atom is -0.493 e. The maximum Gasteiger partial charge on any atom is 0.339 e. The lowest BCUT2D eigenvalue weighted by atomic mass is 9.52. The molecule has 0 aliphatic heterocycles. The van der Waals surface area contributed by atoms with Crippen molar-refractivity contribution in [1.29, 1.82) is 0 Å². The van der Waals surface area contributed by atoms with Gasteiger partial charge in [-0.2, -0.15) is 0 Å². The monoisotopic (exact) mass is 478 g/mol. The highest BCUT2D eigenvalue weighted by atomic mass is 16.5. The van der Waals surface area contributed by atoms with E-state index in [4.69, 9.17) is 9.47 Å². The maximum atomic E-state index is 12.1. The Morgan fingerprint density at radius 2 is 1.89 bits per heavy atom. The van der Waals surface area contributed by atoms with Crippen LogP contribution in [0.2, 0.25) is 0 Å². The van der Waals surface area contributed by atoms with Crippen molar-refractivity contribution in [2.24, 2.45) is 17.8 Å². The average molecular weight is 479 g/mol. The summed E-state index contributed by atoms with van der Waals surface area (Å²) in [5, 5.41) is 24.5. The molecule has 4 bridgehead atoms. The fourth-order valence-corrected chi connectivity index (χ4v) is 6.99. The first-order valence-electron chi connectivity index (χ1n) is 12.1. The number of methoxy groups -OCH3 is 2. The number of hydrogen-bond acceptors (Lipinski definition) is 7. The standard InChI is InChI=1S/C26H30N4O5/c1-34-19-4-3-14(7-20(19)35-2)12-30-13-28-23-22(18(25(31)32)11-27-24(23)30)29-21-16-5-15-6-17(21)10-26(33,8-15)9-16/h3-4,7,11,13,15-17,21,33H,5-6,8-10,12H2,1-2H3,(H,27,29)(H,31,32)/t15?,16-,17+,21?,26?. The fraction of sp³-hybridized carbons (Fsp3) is 0.500. The zero-order valence-corrected chi connectivity index (χ0v) is 19.9. The molecule has 1 aromatic carbocycles. The molecule has 0 spiro atoms. The summed E-state index contributed by atoms with van der Waals surface area (Å²) in [6.45, 7) is 0.499. The lowest BCUT2D eigenvalue weighted by Gasteiger charge is -2.58. The molecule has 5 atom stereocenters. The van der Waals surface area contributed by atoms with Gasteiger partial charge < -0.3 is 29.6 Å². The van der Waals surface area contributed by atoms with E-state index in [0.717, 1.165) is 37.7 Å². The van der Waals surface area contributed by atoms with Crippen molar-refractivity contribution >= 4 is 22.8 Å². The molecule has 2 heterocycles. The molecule has 0 radical (unpaired) electrons. The molecule has 4 fully saturated rings. The first-order valence-corrected chi connectivity index (χ1v) is 12.1. The number of carboxylic acids is 1. The highest BCUT2D eigenvalue weighted by Gasteiger charge is 2.54. The van der Waals surface area contributed by atoms with Crippen LogP contribution >= 0.6 is 0 Å². The Balaban J connectivity index is 1.34. The number of hydrogen-bond donors (Lipinski definition) is 3. The topological polar surface area (TPSA) is 119 Å². The van der Waals surface area contributed by atoms with Crippen LogP contribution in [0.5, 0.6) is 11.5 Å². The third-order valence-electron chi connectivity index (χ3n) is 8.22. The van der Waals surface area contributed by atoms with E-state index in [0.29, 0.717) is 52.6 Å². The van der Waals surface area contributed by atoms with E-state index in [2.05, 4.69) is 15.3 Å². The number of imidazole rings is 1. The minimum atomic E-state index is -1.03. The van der Waals surface area contributed by atoms with Gasteiger partial charge in [-0.1, -0.05) is 6.07 Å².